The van der Waals surface area contributed by atoms with Crippen LogP contribution in [0.15, 0.2) is 59.4 Å². The van der Waals surface area contributed by atoms with Gasteiger partial charge in [-0.2, -0.15) is 23.0 Å². The van der Waals surface area contributed by atoms with Crippen LogP contribution in [0.25, 0.3) is 16.9 Å². The lowest BCUT2D eigenvalue weighted by atomic mass is 10.1. The van der Waals surface area contributed by atoms with Crippen LogP contribution in [-0.4, -0.2) is 39.6 Å². The lowest BCUT2D eigenvalue weighted by Crippen LogP contribution is -2.42. The minimum Gasteiger partial charge on any atom is -0.382 e. The van der Waals surface area contributed by atoms with E-state index in [1.54, 1.807) is 0 Å². The Balaban J connectivity index is 2.07. The maximum absolute atomic E-state index is 13.7. The molecule has 2 N–H and O–H groups in total. The highest BCUT2D eigenvalue weighted by atomic mass is 19.4. The number of alkyl halides is 4. The fourth-order valence-electron chi connectivity index (χ4n) is 2.75. The first-order valence-electron chi connectivity index (χ1n) is 9.18. The normalized spacial score (nSPS) is 12.4. The molecule has 0 radical (unpaired) electrons. The summed E-state index contributed by atoms with van der Waals surface area (Å²) in [4.78, 5) is 25.3. The van der Waals surface area contributed by atoms with Crippen LogP contribution >= 0.6 is 0 Å². The van der Waals surface area contributed by atoms with E-state index >= 15 is 0 Å². The molecule has 1 unspecified atom stereocenters. The number of halogens is 5. The third-order valence-electron chi connectivity index (χ3n) is 4.45. The van der Waals surface area contributed by atoms with Crippen molar-refractivity contribution in [3.63, 3.8) is 0 Å². The van der Waals surface area contributed by atoms with Gasteiger partial charge in [-0.15, -0.1) is 0 Å². The van der Waals surface area contributed by atoms with Crippen LogP contribution < -0.4 is 10.9 Å². The van der Waals surface area contributed by atoms with Gasteiger partial charge in [-0.1, -0.05) is 30.3 Å². The van der Waals surface area contributed by atoms with Crippen molar-refractivity contribution in [1.82, 2.24) is 15.1 Å². The molecule has 1 atom stereocenters. The number of carbonyl (C=O) groups excluding carboxylic acids is 1. The van der Waals surface area contributed by atoms with E-state index in [0.717, 1.165) is 22.9 Å². The van der Waals surface area contributed by atoms with Crippen LogP contribution in [0.1, 0.15) is 15.9 Å². The molecule has 0 saturated carbocycles. The summed E-state index contributed by atoms with van der Waals surface area (Å²) in [6.07, 6.45) is -7.79. The summed E-state index contributed by atoms with van der Waals surface area (Å²) >= 11 is 0. The first-order valence-corrected chi connectivity index (χ1v) is 9.18. The summed E-state index contributed by atoms with van der Waals surface area (Å²) in [6, 6.07) is 11.7. The molecule has 0 aliphatic carbocycles. The van der Waals surface area contributed by atoms with Crippen molar-refractivity contribution in [3.8, 4) is 16.9 Å². The van der Waals surface area contributed by atoms with Crippen LogP contribution in [0.4, 0.5) is 22.0 Å². The molecule has 1 aromatic heterocycles. The fraction of sp³-hybridized carbons (Fsp3) is 0.190. The van der Waals surface area contributed by atoms with Crippen LogP contribution in [0.2, 0.25) is 0 Å². The third-order valence-corrected chi connectivity index (χ3v) is 4.45. The summed E-state index contributed by atoms with van der Waals surface area (Å²) in [6.45, 7) is -1.89. The molecule has 32 heavy (non-hydrogen) atoms. The van der Waals surface area contributed by atoms with Crippen molar-refractivity contribution in [1.29, 1.82) is 0 Å². The second-order valence-electron chi connectivity index (χ2n) is 6.74. The number of nitrogens with zero attached hydrogens (tertiary/aromatic N) is 2. The van der Waals surface area contributed by atoms with Gasteiger partial charge < -0.3 is 10.4 Å². The first kappa shape index (κ1) is 23.1. The maximum Gasteiger partial charge on any atom is 0.416 e. The number of nitrogens with one attached hydrogen (secondary N) is 1. The van der Waals surface area contributed by atoms with Gasteiger partial charge in [-0.25, -0.2) is 8.78 Å². The van der Waals surface area contributed by atoms with E-state index in [9.17, 15) is 31.5 Å². The molecule has 1 amide bonds. The van der Waals surface area contributed by atoms with Gasteiger partial charge in [0, 0.05) is 5.56 Å². The van der Waals surface area contributed by atoms with Crippen molar-refractivity contribution in [3.05, 3.63) is 81.9 Å². The predicted molar refractivity (Wildman–Crippen MR) is 104 cm³/mol. The molecule has 2 aromatic carbocycles. The zero-order chi connectivity index (χ0) is 23.5. The van der Waals surface area contributed by atoms with Crippen molar-refractivity contribution in [2.75, 3.05) is 6.54 Å². The van der Waals surface area contributed by atoms with E-state index in [4.69, 9.17) is 5.11 Å². The van der Waals surface area contributed by atoms with Gasteiger partial charge in [0.2, 0.25) is 0 Å². The number of aliphatic hydroxyl groups is 1. The molecular formula is C21H16F5N3O3. The van der Waals surface area contributed by atoms with E-state index < -0.39 is 48.3 Å². The molecule has 0 bridgehead atoms. The minimum atomic E-state index is -4.96. The topological polar surface area (TPSA) is 84.2 Å². The Labute approximate surface area is 177 Å². The van der Waals surface area contributed by atoms with Crippen LogP contribution in [-0.2, 0) is 6.67 Å². The molecule has 168 valence electrons. The summed E-state index contributed by atoms with van der Waals surface area (Å²) in [5, 5.41) is 15.1. The van der Waals surface area contributed by atoms with Gasteiger partial charge in [-0.05, 0) is 29.8 Å². The van der Waals surface area contributed by atoms with Crippen LogP contribution in [0, 0.1) is 5.82 Å². The number of amides is 1. The highest BCUT2D eigenvalue weighted by Crippen LogP contribution is 2.21. The Morgan fingerprint density at radius 3 is 2.41 bits per heavy atom. The summed E-state index contributed by atoms with van der Waals surface area (Å²) in [5.74, 6) is -1.87. The fourth-order valence-corrected chi connectivity index (χ4v) is 2.75. The van der Waals surface area contributed by atoms with E-state index in [0.29, 0.717) is 11.1 Å². The summed E-state index contributed by atoms with van der Waals surface area (Å²) in [5.41, 5.74) is -0.827. The number of hydrogen-bond donors (Lipinski definition) is 2. The Kier molecular flexibility index (Phi) is 6.68. The Hall–Kier alpha value is -3.60. The molecule has 0 spiro atoms. The van der Waals surface area contributed by atoms with Crippen molar-refractivity contribution in [2.24, 2.45) is 0 Å². The zero-order valence-electron chi connectivity index (χ0n) is 16.2. The standard InChI is InChI=1S/C21H16F5N3O3/c22-10-12-4-6-13(7-5-12)17-9-16(19(31)27-11-18(30)21(24,25)26)20(32)29(28-17)15-3-1-2-14(23)8-15/h1-9,18,30H,10-11H2,(H,27,31). The monoisotopic (exact) mass is 453 g/mol. The van der Waals surface area contributed by atoms with E-state index in [1.165, 1.54) is 36.4 Å². The summed E-state index contributed by atoms with van der Waals surface area (Å²) < 4.78 is 64.7. The molecule has 0 aliphatic rings. The number of aliphatic hydroxyl groups excluding tert-OH is 1. The van der Waals surface area contributed by atoms with Crippen molar-refractivity contribution >= 4 is 5.91 Å². The summed E-state index contributed by atoms with van der Waals surface area (Å²) in [7, 11) is 0. The van der Waals surface area contributed by atoms with E-state index in [1.807, 2.05) is 5.32 Å². The lowest BCUT2D eigenvalue weighted by Gasteiger charge is -2.15. The molecule has 0 aliphatic heterocycles. The van der Waals surface area contributed by atoms with Gasteiger partial charge in [0.1, 0.15) is 18.1 Å². The number of rotatable bonds is 6. The van der Waals surface area contributed by atoms with E-state index in [2.05, 4.69) is 5.10 Å². The number of hydrogen-bond acceptors (Lipinski definition) is 4. The molecular weight excluding hydrogens is 437 g/mol. The highest BCUT2D eigenvalue weighted by molar-refractivity contribution is 5.94. The largest absolute Gasteiger partial charge is 0.416 e. The number of aromatic nitrogens is 2. The van der Waals surface area contributed by atoms with E-state index in [-0.39, 0.29) is 11.4 Å². The Bertz CT molecular complexity index is 1180. The lowest BCUT2D eigenvalue weighted by molar-refractivity contribution is -0.201. The Morgan fingerprint density at radius 1 is 1.12 bits per heavy atom. The molecule has 0 saturated heterocycles. The zero-order valence-corrected chi connectivity index (χ0v) is 16.2. The van der Waals surface area contributed by atoms with Gasteiger partial charge in [0.05, 0.1) is 17.9 Å². The second-order valence-corrected chi connectivity index (χ2v) is 6.74. The Morgan fingerprint density at radius 2 is 1.81 bits per heavy atom. The molecule has 1 heterocycles. The van der Waals surface area contributed by atoms with Gasteiger partial charge in [-0.3, -0.25) is 9.59 Å². The van der Waals surface area contributed by atoms with Gasteiger partial charge in [0.15, 0.2) is 6.10 Å². The molecule has 11 heteroatoms. The quantitative estimate of drug-likeness (QED) is 0.562. The van der Waals surface area contributed by atoms with Crippen LogP contribution in [0.5, 0.6) is 0 Å². The average Bonchev–Trinajstić information content (AvgIpc) is 2.76. The average molecular weight is 453 g/mol. The minimum absolute atomic E-state index is 0.0263. The maximum atomic E-state index is 13.7. The smallest absolute Gasteiger partial charge is 0.382 e. The van der Waals surface area contributed by atoms with Crippen LogP contribution in [0.3, 0.4) is 0 Å². The van der Waals surface area contributed by atoms with Gasteiger partial charge >= 0.3 is 6.18 Å². The number of carbonyl (C=O) groups is 1. The third kappa shape index (κ3) is 5.17. The molecule has 6 nitrogen and oxygen atoms in total. The second kappa shape index (κ2) is 9.27. The molecule has 0 fully saturated rings. The van der Waals surface area contributed by atoms with Crippen molar-refractivity contribution < 1.29 is 31.9 Å². The SMILES string of the molecule is O=C(NCC(O)C(F)(F)F)c1cc(-c2ccc(CF)cc2)nn(-c2cccc(F)c2)c1=O. The van der Waals surface area contributed by atoms with Crippen molar-refractivity contribution in [2.45, 2.75) is 19.0 Å². The molecule has 3 aromatic rings. The predicted octanol–water partition coefficient (Wildman–Crippen LogP) is 3.16. The highest BCUT2D eigenvalue weighted by Gasteiger charge is 2.38. The number of benzene rings is 2. The molecule has 3 rings (SSSR count). The first-order chi connectivity index (χ1) is 15.1. The van der Waals surface area contributed by atoms with Gasteiger partial charge in [0.25, 0.3) is 11.5 Å².